The normalized spacial score (nSPS) is 10.5. The molecule has 2 aromatic carbocycles. The number of ether oxygens (including phenoxy) is 1. The maximum Gasteiger partial charge on any atom is 0.250 e. The van der Waals surface area contributed by atoms with Crippen LogP contribution in [0.25, 0.3) is 6.08 Å². The van der Waals surface area contributed by atoms with Crippen LogP contribution < -0.4 is 15.4 Å². The van der Waals surface area contributed by atoms with E-state index in [1.54, 1.807) is 25.3 Å². The second-order valence-electron chi connectivity index (χ2n) is 5.01. The van der Waals surface area contributed by atoms with E-state index in [9.17, 15) is 4.79 Å². The Bertz CT molecular complexity index is 773. The number of amides is 1. The van der Waals surface area contributed by atoms with Gasteiger partial charge in [0.2, 0.25) is 5.91 Å². The van der Waals surface area contributed by atoms with Crippen molar-refractivity contribution in [3.63, 3.8) is 0 Å². The fourth-order valence-electron chi connectivity index (χ4n) is 1.92. The summed E-state index contributed by atoms with van der Waals surface area (Å²) in [6.07, 6.45) is 3.11. The Morgan fingerprint density at radius 2 is 1.92 bits per heavy atom. The predicted octanol–water partition coefficient (Wildman–Crippen LogP) is 4.18. The molecule has 0 aliphatic carbocycles. The van der Waals surface area contributed by atoms with E-state index in [1.165, 1.54) is 6.08 Å². The van der Waals surface area contributed by atoms with Gasteiger partial charge in [-0.15, -0.1) is 0 Å². The highest BCUT2D eigenvalue weighted by atomic mass is 35.5. The number of aryl methyl sites for hydroxylation is 1. The molecule has 0 heterocycles. The molecule has 1 amide bonds. The van der Waals surface area contributed by atoms with E-state index in [0.717, 1.165) is 22.6 Å². The van der Waals surface area contributed by atoms with Crippen molar-refractivity contribution < 1.29 is 9.53 Å². The van der Waals surface area contributed by atoms with Gasteiger partial charge in [0.15, 0.2) is 5.11 Å². The minimum absolute atomic E-state index is 0.213. The third-order valence-corrected chi connectivity index (χ3v) is 3.67. The largest absolute Gasteiger partial charge is 0.497 e. The molecule has 124 valence electrons. The summed E-state index contributed by atoms with van der Waals surface area (Å²) in [4.78, 5) is 11.9. The molecular formula is C18H17ClN2O2S. The van der Waals surface area contributed by atoms with Gasteiger partial charge >= 0.3 is 0 Å². The summed E-state index contributed by atoms with van der Waals surface area (Å²) < 4.78 is 5.08. The number of hydrogen-bond donors (Lipinski definition) is 2. The monoisotopic (exact) mass is 360 g/mol. The van der Waals surface area contributed by atoms with Gasteiger partial charge in [0.05, 0.1) is 7.11 Å². The number of halogens is 1. The highest BCUT2D eigenvalue weighted by molar-refractivity contribution is 7.80. The van der Waals surface area contributed by atoms with Gasteiger partial charge in [0, 0.05) is 16.8 Å². The SMILES string of the molecule is COc1ccc(C=CC(=O)NC(=S)Nc2cc(Cl)ccc2C)cc1. The Hall–Kier alpha value is -2.37. The zero-order valence-electron chi connectivity index (χ0n) is 13.3. The van der Waals surface area contributed by atoms with E-state index in [2.05, 4.69) is 10.6 Å². The molecule has 0 fully saturated rings. The number of rotatable bonds is 4. The highest BCUT2D eigenvalue weighted by Crippen LogP contribution is 2.20. The van der Waals surface area contributed by atoms with Crippen LogP contribution in [0, 0.1) is 6.92 Å². The summed E-state index contributed by atoms with van der Waals surface area (Å²) >= 11 is 11.1. The van der Waals surface area contributed by atoms with Crippen LogP contribution in [0.1, 0.15) is 11.1 Å². The topological polar surface area (TPSA) is 50.4 Å². The molecule has 0 saturated carbocycles. The van der Waals surface area contributed by atoms with Gasteiger partial charge in [-0.25, -0.2) is 0 Å². The number of carbonyl (C=O) groups excluding carboxylic acids is 1. The number of benzene rings is 2. The van der Waals surface area contributed by atoms with Gasteiger partial charge in [0.25, 0.3) is 0 Å². The van der Waals surface area contributed by atoms with Crippen LogP contribution in [0.5, 0.6) is 5.75 Å². The first-order chi connectivity index (χ1) is 11.5. The lowest BCUT2D eigenvalue weighted by atomic mass is 10.2. The molecule has 0 atom stereocenters. The second-order valence-corrected chi connectivity index (χ2v) is 5.85. The number of nitrogens with one attached hydrogen (secondary N) is 2. The van der Waals surface area contributed by atoms with Crippen molar-refractivity contribution in [2.45, 2.75) is 6.92 Å². The van der Waals surface area contributed by atoms with E-state index in [4.69, 9.17) is 28.6 Å². The van der Waals surface area contributed by atoms with E-state index in [-0.39, 0.29) is 11.0 Å². The average Bonchev–Trinajstić information content (AvgIpc) is 2.56. The summed E-state index contributed by atoms with van der Waals surface area (Å²) in [7, 11) is 1.61. The van der Waals surface area contributed by atoms with Gasteiger partial charge in [-0.1, -0.05) is 29.8 Å². The van der Waals surface area contributed by atoms with Gasteiger partial charge < -0.3 is 10.1 Å². The van der Waals surface area contributed by atoms with E-state index >= 15 is 0 Å². The first kappa shape index (κ1) is 18.0. The molecule has 0 aromatic heterocycles. The lowest BCUT2D eigenvalue weighted by Gasteiger charge is -2.11. The third-order valence-electron chi connectivity index (χ3n) is 3.23. The minimum Gasteiger partial charge on any atom is -0.497 e. The second kappa shape index (κ2) is 8.47. The number of hydrogen-bond acceptors (Lipinski definition) is 3. The van der Waals surface area contributed by atoms with Crippen molar-refractivity contribution >= 4 is 46.6 Å². The van der Waals surface area contributed by atoms with Gasteiger partial charge in [-0.05, 0) is 60.6 Å². The number of anilines is 1. The maximum atomic E-state index is 11.9. The molecule has 24 heavy (non-hydrogen) atoms. The smallest absolute Gasteiger partial charge is 0.250 e. The molecule has 2 aromatic rings. The molecule has 6 heteroatoms. The van der Waals surface area contributed by atoms with E-state index in [0.29, 0.717) is 5.02 Å². The Morgan fingerprint density at radius 1 is 1.21 bits per heavy atom. The van der Waals surface area contributed by atoms with Crippen LogP contribution in [-0.4, -0.2) is 18.1 Å². The maximum absolute atomic E-state index is 11.9. The molecule has 0 unspecified atom stereocenters. The van der Waals surface area contributed by atoms with Crippen molar-refractivity contribution in [2.75, 3.05) is 12.4 Å². The Kier molecular flexibility index (Phi) is 6.35. The summed E-state index contributed by atoms with van der Waals surface area (Å²) in [5, 5.41) is 6.36. The van der Waals surface area contributed by atoms with Crippen LogP contribution in [0.15, 0.2) is 48.5 Å². The fraction of sp³-hybridized carbons (Fsp3) is 0.111. The molecule has 0 spiro atoms. The molecule has 0 saturated heterocycles. The van der Waals surface area contributed by atoms with Crippen molar-refractivity contribution in [3.8, 4) is 5.75 Å². The van der Waals surface area contributed by atoms with Crippen LogP contribution in [0.4, 0.5) is 5.69 Å². The van der Waals surface area contributed by atoms with Crippen LogP contribution in [-0.2, 0) is 4.79 Å². The van der Waals surface area contributed by atoms with Gasteiger partial charge in [-0.2, -0.15) is 0 Å². The Morgan fingerprint density at radius 3 is 2.58 bits per heavy atom. The van der Waals surface area contributed by atoms with Crippen molar-refractivity contribution in [1.29, 1.82) is 0 Å². The lowest BCUT2D eigenvalue weighted by molar-refractivity contribution is -0.115. The molecule has 0 aliphatic rings. The van der Waals surface area contributed by atoms with Crippen LogP contribution >= 0.6 is 23.8 Å². The van der Waals surface area contributed by atoms with E-state index < -0.39 is 0 Å². The number of carbonyl (C=O) groups is 1. The standard InChI is InChI=1S/C18H17ClN2O2S/c1-12-3-7-14(19)11-16(12)20-18(24)21-17(22)10-6-13-4-8-15(23-2)9-5-13/h3-11H,1-2H3,(H2,20,21,22,24). The van der Waals surface area contributed by atoms with E-state index in [1.807, 2.05) is 37.3 Å². The van der Waals surface area contributed by atoms with Gasteiger partial charge in [0.1, 0.15) is 5.75 Å². The molecule has 4 nitrogen and oxygen atoms in total. The average molecular weight is 361 g/mol. The zero-order chi connectivity index (χ0) is 17.5. The lowest BCUT2D eigenvalue weighted by Crippen LogP contribution is -2.33. The Labute approximate surface area is 151 Å². The summed E-state index contributed by atoms with van der Waals surface area (Å²) in [5.74, 6) is 0.446. The number of methoxy groups -OCH3 is 1. The Balaban J connectivity index is 1.92. The molecule has 0 radical (unpaired) electrons. The third kappa shape index (κ3) is 5.37. The first-order valence-corrected chi connectivity index (χ1v) is 7.97. The molecule has 2 rings (SSSR count). The first-order valence-electron chi connectivity index (χ1n) is 7.18. The molecule has 0 bridgehead atoms. The molecule has 2 N–H and O–H groups in total. The van der Waals surface area contributed by atoms with Crippen LogP contribution in [0.2, 0.25) is 5.02 Å². The zero-order valence-corrected chi connectivity index (χ0v) is 14.9. The fourth-order valence-corrected chi connectivity index (χ4v) is 2.31. The summed E-state index contributed by atoms with van der Waals surface area (Å²) in [6, 6.07) is 12.8. The van der Waals surface area contributed by atoms with Crippen LogP contribution in [0.3, 0.4) is 0 Å². The number of thiocarbonyl (C=S) groups is 1. The summed E-state index contributed by atoms with van der Waals surface area (Å²) in [5.41, 5.74) is 2.62. The van der Waals surface area contributed by atoms with Crippen molar-refractivity contribution in [3.05, 3.63) is 64.7 Å². The van der Waals surface area contributed by atoms with Crippen molar-refractivity contribution in [2.24, 2.45) is 0 Å². The van der Waals surface area contributed by atoms with Gasteiger partial charge in [-0.3, -0.25) is 10.1 Å². The predicted molar refractivity (Wildman–Crippen MR) is 103 cm³/mol. The molecular weight excluding hydrogens is 344 g/mol. The highest BCUT2D eigenvalue weighted by Gasteiger charge is 2.04. The minimum atomic E-state index is -0.317. The molecule has 0 aliphatic heterocycles. The summed E-state index contributed by atoms with van der Waals surface area (Å²) in [6.45, 7) is 1.92. The van der Waals surface area contributed by atoms with Crippen molar-refractivity contribution in [1.82, 2.24) is 5.32 Å². The quantitative estimate of drug-likeness (QED) is 0.634.